The van der Waals surface area contributed by atoms with Crippen molar-refractivity contribution >= 4 is 0 Å². The molecule has 0 heterocycles. The predicted molar refractivity (Wildman–Crippen MR) is 67.6 cm³/mol. The van der Waals surface area contributed by atoms with Crippen molar-refractivity contribution in [2.24, 2.45) is 0 Å². The van der Waals surface area contributed by atoms with Gasteiger partial charge in [-0.1, -0.05) is 32.6 Å². The fourth-order valence-corrected chi connectivity index (χ4v) is 2.50. The second-order valence-electron chi connectivity index (χ2n) is 5.24. The Kier molecular flexibility index (Phi) is 7.06. The fraction of sp³-hybridized carbons (Fsp3) is 1.00. The number of unbranched alkanes of at least 4 members (excludes halogenated alkanes) is 3. The van der Waals surface area contributed by atoms with Crippen molar-refractivity contribution in [2.45, 2.75) is 89.9 Å². The van der Waals surface area contributed by atoms with E-state index in [1.807, 2.05) is 0 Å². The predicted octanol–water partition coefficient (Wildman–Crippen LogP) is 3.67. The quantitative estimate of drug-likeness (QED) is 0.674. The number of rotatable bonds is 7. The molecule has 1 rings (SSSR count). The van der Waals surface area contributed by atoms with Crippen molar-refractivity contribution in [3.05, 3.63) is 0 Å². The van der Waals surface area contributed by atoms with Gasteiger partial charge in [0.15, 0.2) is 0 Å². The summed E-state index contributed by atoms with van der Waals surface area (Å²) in [6.45, 7) is 4.41. The van der Waals surface area contributed by atoms with E-state index in [1.165, 1.54) is 32.1 Å². The number of aliphatic hydroxyl groups excluding tert-OH is 1. The van der Waals surface area contributed by atoms with E-state index < -0.39 is 0 Å². The summed E-state index contributed by atoms with van der Waals surface area (Å²) < 4.78 is 5.98. The van der Waals surface area contributed by atoms with Gasteiger partial charge < -0.3 is 9.84 Å². The molecule has 0 amide bonds. The minimum Gasteiger partial charge on any atom is -0.393 e. The summed E-state index contributed by atoms with van der Waals surface area (Å²) >= 11 is 0. The second-order valence-corrected chi connectivity index (χ2v) is 5.24. The van der Waals surface area contributed by atoms with Gasteiger partial charge in [0.1, 0.15) is 0 Å². The molecule has 1 aliphatic rings. The van der Waals surface area contributed by atoms with Crippen LogP contribution in [0.2, 0.25) is 0 Å². The molecular formula is C14H28O2. The lowest BCUT2D eigenvalue weighted by atomic mass is 9.95. The van der Waals surface area contributed by atoms with Crippen molar-refractivity contribution in [3.8, 4) is 0 Å². The summed E-state index contributed by atoms with van der Waals surface area (Å²) in [7, 11) is 0. The van der Waals surface area contributed by atoms with Gasteiger partial charge in [-0.15, -0.1) is 0 Å². The molecule has 0 radical (unpaired) electrons. The Morgan fingerprint density at radius 3 is 2.75 bits per heavy atom. The maximum absolute atomic E-state index is 9.56. The number of aliphatic hydroxyl groups is 1. The summed E-state index contributed by atoms with van der Waals surface area (Å²) in [5.41, 5.74) is 0. The van der Waals surface area contributed by atoms with Crippen LogP contribution in [0.25, 0.3) is 0 Å². The second kappa shape index (κ2) is 8.08. The molecule has 1 saturated carbocycles. The van der Waals surface area contributed by atoms with Gasteiger partial charge in [-0.05, 0) is 39.0 Å². The number of hydrogen-bond donors (Lipinski definition) is 1. The highest BCUT2D eigenvalue weighted by Gasteiger charge is 2.22. The van der Waals surface area contributed by atoms with E-state index in [2.05, 4.69) is 13.8 Å². The van der Waals surface area contributed by atoms with Crippen LogP contribution >= 0.6 is 0 Å². The summed E-state index contributed by atoms with van der Waals surface area (Å²) in [4.78, 5) is 0. The lowest BCUT2D eigenvalue weighted by molar-refractivity contribution is -0.0526. The molecule has 1 aliphatic carbocycles. The van der Waals surface area contributed by atoms with Crippen LogP contribution in [0.4, 0.5) is 0 Å². The van der Waals surface area contributed by atoms with Crippen LogP contribution in [0, 0.1) is 0 Å². The molecule has 0 bridgehead atoms. The Hall–Kier alpha value is -0.0800. The number of hydrogen-bond acceptors (Lipinski definition) is 2. The maximum Gasteiger partial charge on any atom is 0.0603 e. The first-order chi connectivity index (χ1) is 7.72. The molecule has 1 fully saturated rings. The van der Waals surface area contributed by atoms with Gasteiger partial charge in [-0.2, -0.15) is 0 Å². The first-order valence-electron chi connectivity index (χ1n) is 7.06. The van der Waals surface area contributed by atoms with Gasteiger partial charge in [-0.25, -0.2) is 0 Å². The van der Waals surface area contributed by atoms with Crippen LogP contribution in [0.15, 0.2) is 0 Å². The minimum absolute atomic E-state index is 0.119. The molecular weight excluding hydrogens is 200 g/mol. The first kappa shape index (κ1) is 14.0. The molecule has 96 valence electrons. The Morgan fingerprint density at radius 2 is 2.06 bits per heavy atom. The summed E-state index contributed by atoms with van der Waals surface area (Å²) in [6, 6.07) is 0. The van der Waals surface area contributed by atoms with E-state index in [-0.39, 0.29) is 6.10 Å². The van der Waals surface area contributed by atoms with Crippen LogP contribution in [0.3, 0.4) is 0 Å². The lowest BCUT2D eigenvalue weighted by Crippen LogP contribution is -2.29. The van der Waals surface area contributed by atoms with E-state index in [0.29, 0.717) is 12.2 Å². The monoisotopic (exact) mass is 228 g/mol. The average molecular weight is 228 g/mol. The maximum atomic E-state index is 9.56. The van der Waals surface area contributed by atoms with E-state index in [9.17, 15) is 5.11 Å². The SMILES string of the molecule is CCCCCCC(C)OC1CCCC(O)C1. The molecule has 2 nitrogen and oxygen atoms in total. The molecule has 0 saturated heterocycles. The Balaban J connectivity index is 2.06. The Morgan fingerprint density at radius 1 is 1.25 bits per heavy atom. The van der Waals surface area contributed by atoms with Crippen molar-refractivity contribution < 1.29 is 9.84 Å². The lowest BCUT2D eigenvalue weighted by Gasteiger charge is -2.28. The third-order valence-electron chi connectivity index (χ3n) is 3.49. The van der Waals surface area contributed by atoms with Gasteiger partial charge in [0.25, 0.3) is 0 Å². The normalized spacial score (nSPS) is 27.9. The van der Waals surface area contributed by atoms with Gasteiger partial charge in [0.2, 0.25) is 0 Å². The van der Waals surface area contributed by atoms with Crippen LogP contribution in [-0.2, 0) is 4.74 Å². The van der Waals surface area contributed by atoms with Crippen molar-refractivity contribution in [3.63, 3.8) is 0 Å². The third kappa shape index (κ3) is 5.86. The minimum atomic E-state index is -0.119. The molecule has 0 spiro atoms. The highest BCUT2D eigenvalue weighted by molar-refractivity contribution is 4.73. The molecule has 0 aromatic heterocycles. The molecule has 1 N–H and O–H groups in total. The van der Waals surface area contributed by atoms with Gasteiger partial charge in [-0.3, -0.25) is 0 Å². The highest BCUT2D eigenvalue weighted by atomic mass is 16.5. The van der Waals surface area contributed by atoms with E-state index >= 15 is 0 Å². The standard InChI is InChI=1S/C14H28O2/c1-3-4-5-6-8-12(2)16-14-10-7-9-13(15)11-14/h12-15H,3-11H2,1-2H3. The summed E-state index contributed by atoms with van der Waals surface area (Å²) in [5, 5.41) is 9.56. The van der Waals surface area contributed by atoms with Crippen LogP contribution in [0.1, 0.15) is 71.6 Å². The van der Waals surface area contributed by atoms with Crippen molar-refractivity contribution in [2.75, 3.05) is 0 Å². The molecule has 3 atom stereocenters. The molecule has 3 unspecified atom stereocenters. The van der Waals surface area contributed by atoms with E-state index in [4.69, 9.17) is 4.74 Å². The summed E-state index contributed by atoms with van der Waals surface area (Å²) in [6.07, 6.45) is 11.0. The van der Waals surface area contributed by atoms with Gasteiger partial charge >= 0.3 is 0 Å². The smallest absolute Gasteiger partial charge is 0.0603 e. The highest BCUT2D eigenvalue weighted by Crippen LogP contribution is 2.23. The molecule has 0 aromatic rings. The third-order valence-corrected chi connectivity index (χ3v) is 3.49. The molecule has 0 aliphatic heterocycles. The first-order valence-corrected chi connectivity index (χ1v) is 7.06. The van der Waals surface area contributed by atoms with Crippen molar-refractivity contribution in [1.29, 1.82) is 0 Å². The zero-order valence-electron chi connectivity index (χ0n) is 11.0. The zero-order chi connectivity index (χ0) is 11.8. The van der Waals surface area contributed by atoms with Gasteiger partial charge in [0, 0.05) is 0 Å². The van der Waals surface area contributed by atoms with Crippen LogP contribution < -0.4 is 0 Å². The van der Waals surface area contributed by atoms with Crippen LogP contribution in [0.5, 0.6) is 0 Å². The van der Waals surface area contributed by atoms with E-state index in [0.717, 1.165) is 25.7 Å². The average Bonchev–Trinajstić information content (AvgIpc) is 2.24. The molecule has 16 heavy (non-hydrogen) atoms. The van der Waals surface area contributed by atoms with E-state index in [1.54, 1.807) is 0 Å². The Labute approximate surface area is 100 Å². The molecule has 2 heteroatoms. The van der Waals surface area contributed by atoms with Crippen molar-refractivity contribution in [1.82, 2.24) is 0 Å². The zero-order valence-corrected chi connectivity index (χ0v) is 11.0. The fourth-order valence-electron chi connectivity index (χ4n) is 2.50. The molecule has 0 aromatic carbocycles. The largest absolute Gasteiger partial charge is 0.393 e. The number of ether oxygens (including phenoxy) is 1. The summed E-state index contributed by atoms with van der Waals surface area (Å²) in [5.74, 6) is 0. The van der Waals surface area contributed by atoms with Gasteiger partial charge in [0.05, 0.1) is 18.3 Å². The topological polar surface area (TPSA) is 29.5 Å². The Bertz CT molecular complexity index is 170. The van der Waals surface area contributed by atoms with Crippen LogP contribution in [-0.4, -0.2) is 23.4 Å².